The predicted octanol–water partition coefficient (Wildman–Crippen LogP) is 2.30. The summed E-state index contributed by atoms with van der Waals surface area (Å²) < 4.78 is 3.77. The zero-order valence-corrected chi connectivity index (χ0v) is 9.92. The number of aliphatic hydroxyl groups is 1. The van der Waals surface area contributed by atoms with Crippen molar-refractivity contribution in [1.82, 2.24) is 9.59 Å². The Morgan fingerprint density at radius 3 is 3.00 bits per heavy atom. The Labute approximate surface area is 102 Å². The van der Waals surface area contributed by atoms with Gasteiger partial charge in [-0.05, 0) is 29.2 Å². The van der Waals surface area contributed by atoms with E-state index < -0.39 is 0 Å². The van der Waals surface area contributed by atoms with E-state index in [2.05, 4.69) is 14.9 Å². The quantitative estimate of drug-likeness (QED) is 0.880. The van der Waals surface area contributed by atoms with Gasteiger partial charge >= 0.3 is 0 Å². The molecule has 1 aromatic heterocycles. The molecule has 2 N–H and O–H groups in total. The van der Waals surface area contributed by atoms with Crippen molar-refractivity contribution < 1.29 is 5.11 Å². The smallest absolute Gasteiger partial charge is 0.0946 e. The summed E-state index contributed by atoms with van der Waals surface area (Å²) in [5, 5.41) is 18.6. The van der Waals surface area contributed by atoms with E-state index in [0.29, 0.717) is 11.6 Å². The van der Waals surface area contributed by atoms with Gasteiger partial charge in [-0.2, -0.15) is 0 Å². The molecule has 16 heavy (non-hydrogen) atoms. The normalized spacial score (nSPS) is 10.4. The van der Waals surface area contributed by atoms with Crippen LogP contribution in [0, 0.1) is 0 Å². The third kappa shape index (κ3) is 2.69. The van der Waals surface area contributed by atoms with Gasteiger partial charge in [-0.15, -0.1) is 5.10 Å². The van der Waals surface area contributed by atoms with Gasteiger partial charge in [0.25, 0.3) is 0 Å². The lowest BCUT2D eigenvalue weighted by molar-refractivity contribution is 0.282. The molecule has 0 atom stereocenters. The van der Waals surface area contributed by atoms with Gasteiger partial charge in [0.15, 0.2) is 0 Å². The van der Waals surface area contributed by atoms with E-state index in [4.69, 9.17) is 16.7 Å². The largest absolute Gasteiger partial charge is 0.392 e. The summed E-state index contributed by atoms with van der Waals surface area (Å²) >= 11 is 7.33. The lowest BCUT2D eigenvalue weighted by atomic mass is 10.2. The second kappa shape index (κ2) is 5.25. The summed E-state index contributed by atoms with van der Waals surface area (Å²) in [5.74, 6) is 0. The fourth-order valence-corrected chi connectivity index (χ4v) is 1.89. The number of aliphatic hydroxyl groups excluding tert-OH is 1. The fourth-order valence-electron chi connectivity index (χ4n) is 1.25. The number of nitrogens with one attached hydrogen (secondary N) is 1. The lowest BCUT2D eigenvalue weighted by Gasteiger charge is -2.08. The molecule has 0 aliphatic rings. The third-order valence-corrected chi connectivity index (χ3v) is 2.96. The predicted molar refractivity (Wildman–Crippen MR) is 64.6 cm³/mol. The van der Waals surface area contributed by atoms with Gasteiger partial charge in [0, 0.05) is 5.38 Å². The molecule has 1 aromatic carbocycles. The minimum atomic E-state index is 0.00407. The van der Waals surface area contributed by atoms with Crippen LogP contribution in [0.4, 0.5) is 5.69 Å². The number of aromatic nitrogens is 2. The third-order valence-electron chi connectivity index (χ3n) is 2.08. The first kappa shape index (κ1) is 11.3. The van der Waals surface area contributed by atoms with E-state index in [1.807, 2.05) is 11.4 Å². The van der Waals surface area contributed by atoms with Gasteiger partial charge in [-0.3, -0.25) is 0 Å². The molecule has 0 unspecified atom stereocenters. The minimum absolute atomic E-state index is 0.00407. The molecule has 0 spiro atoms. The van der Waals surface area contributed by atoms with Crippen molar-refractivity contribution in [3.05, 3.63) is 39.9 Å². The van der Waals surface area contributed by atoms with Crippen molar-refractivity contribution in [2.75, 3.05) is 5.32 Å². The van der Waals surface area contributed by atoms with Crippen molar-refractivity contribution in [1.29, 1.82) is 0 Å². The Bertz CT molecular complexity index is 461. The molecule has 6 heteroatoms. The molecule has 0 aliphatic heterocycles. The maximum absolute atomic E-state index is 9.01. The number of nitrogens with zero attached hydrogens (tertiary/aromatic N) is 2. The molecule has 0 amide bonds. The van der Waals surface area contributed by atoms with Crippen molar-refractivity contribution >= 4 is 28.8 Å². The van der Waals surface area contributed by atoms with Crippen molar-refractivity contribution in [3.63, 3.8) is 0 Å². The van der Waals surface area contributed by atoms with E-state index in [1.165, 1.54) is 11.5 Å². The van der Waals surface area contributed by atoms with Crippen molar-refractivity contribution in [3.8, 4) is 0 Å². The van der Waals surface area contributed by atoms with Crippen LogP contribution in [0.1, 0.15) is 11.3 Å². The monoisotopic (exact) mass is 255 g/mol. The van der Waals surface area contributed by atoms with Crippen LogP contribution in [0.5, 0.6) is 0 Å². The second-order valence-electron chi connectivity index (χ2n) is 3.22. The van der Waals surface area contributed by atoms with Crippen molar-refractivity contribution in [2.24, 2.45) is 0 Å². The van der Waals surface area contributed by atoms with Gasteiger partial charge in [0.2, 0.25) is 0 Å². The first-order valence-corrected chi connectivity index (χ1v) is 5.90. The standard InChI is InChI=1S/C10H10ClN3OS/c11-9-2-1-7(5-15)3-10(9)12-4-8-6-16-14-13-8/h1-3,6,12,15H,4-5H2. The molecule has 2 rings (SSSR count). The molecule has 0 saturated heterocycles. The summed E-state index contributed by atoms with van der Waals surface area (Å²) in [6.07, 6.45) is 0. The van der Waals surface area contributed by atoms with Crippen LogP contribution in [-0.2, 0) is 13.2 Å². The average Bonchev–Trinajstić information content (AvgIpc) is 2.81. The Hall–Kier alpha value is -1.17. The number of hydrogen-bond acceptors (Lipinski definition) is 5. The highest BCUT2D eigenvalue weighted by Gasteiger charge is 2.02. The van der Waals surface area contributed by atoms with Gasteiger partial charge in [-0.25, -0.2) is 0 Å². The van der Waals surface area contributed by atoms with Crippen LogP contribution < -0.4 is 5.32 Å². The number of halogens is 1. The number of benzene rings is 1. The van der Waals surface area contributed by atoms with Gasteiger partial charge in [-0.1, -0.05) is 22.2 Å². The molecular weight excluding hydrogens is 246 g/mol. The highest BCUT2D eigenvalue weighted by molar-refractivity contribution is 7.03. The molecule has 0 fully saturated rings. The van der Waals surface area contributed by atoms with E-state index >= 15 is 0 Å². The van der Waals surface area contributed by atoms with E-state index in [1.54, 1.807) is 12.1 Å². The molecule has 2 aromatic rings. The summed E-state index contributed by atoms with van der Waals surface area (Å²) in [6.45, 7) is 0.579. The van der Waals surface area contributed by atoms with Gasteiger partial charge < -0.3 is 10.4 Å². The van der Waals surface area contributed by atoms with Crippen LogP contribution in [0.3, 0.4) is 0 Å². The SMILES string of the molecule is OCc1ccc(Cl)c(NCc2csnn2)c1. The second-order valence-corrected chi connectivity index (χ2v) is 4.24. The molecule has 0 aliphatic carbocycles. The van der Waals surface area contributed by atoms with Gasteiger partial charge in [0.05, 0.1) is 29.6 Å². The van der Waals surface area contributed by atoms with Crippen LogP contribution >= 0.6 is 23.1 Å². The van der Waals surface area contributed by atoms with Crippen LogP contribution in [0.15, 0.2) is 23.6 Å². The Morgan fingerprint density at radius 2 is 2.31 bits per heavy atom. The maximum atomic E-state index is 9.01. The van der Waals surface area contributed by atoms with Crippen molar-refractivity contribution in [2.45, 2.75) is 13.2 Å². The topological polar surface area (TPSA) is 58.0 Å². The van der Waals surface area contributed by atoms with Gasteiger partial charge in [0.1, 0.15) is 0 Å². The van der Waals surface area contributed by atoms with Crippen LogP contribution in [0.25, 0.3) is 0 Å². The Kier molecular flexibility index (Phi) is 3.71. The zero-order valence-electron chi connectivity index (χ0n) is 8.35. The highest BCUT2D eigenvalue weighted by atomic mass is 35.5. The maximum Gasteiger partial charge on any atom is 0.0946 e. The fraction of sp³-hybridized carbons (Fsp3) is 0.200. The molecule has 84 valence electrons. The molecule has 1 heterocycles. The molecule has 0 bridgehead atoms. The van der Waals surface area contributed by atoms with E-state index in [0.717, 1.165) is 16.9 Å². The molecular formula is C10H10ClN3OS. The lowest BCUT2D eigenvalue weighted by Crippen LogP contribution is -2.01. The van der Waals surface area contributed by atoms with E-state index in [-0.39, 0.29) is 6.61 Å². The highest BCUT2D eigenvalue weighted by Crippen LogP contribution is 2.23. The first-order valence-electron chi connectivity index (χ1n) is 4.68. The Morgan fingerprint density at radius 1 is 1.44 bits per heavy atom. The number of rotatable bonds is 4. The molecule has 0 radical (unpaired) electrons. The summed E-state index contributed by atoms with van der Waals surface area (Å²) in [7, 11) is 0. The average molecular weight is 256 g/mol. The number of anilines is 1. The first-order chi connectivity index (χ1) is 7.79. The summed E-state index contributed by atoms with van der Waals surface area (Å²) in [5.41, 5.74) is 2.49. The zero-order chi connectivity index (χ0) is 11.4. The summed E-state index contributed by atoms with van der Waals surface area (Å²) in [6, 6.07) is 5.37. The minimum Gasteiger partial charge on any atom is -0.392 e. The molecule has 4 nitrogen and oxygen atoms in total. The number of hydrogen-bond donors (Lipinski definition) is 2. The van der Waals surface area contributed by atoms with Crippen LogP contribution in [0.2, 0.25) is 5.02 Å². The van der Waals surface area contributed by atoms with Crippen LogP contribution in [-0.4, -0.2) is 14.7 Å². The molecule has 0 saturated carbocycles. The summed E-state index contributed by atoms with van der Waals surface area (Å²) in [4.78, 5) is 0. The van der Waals surface area contributed by atoms with E-state index in [9.17, 15) is 0 Å². The Balaban J connectivity index is 2.08.